The third-order valence-electron chi connectivity index (χ3n) is 6.30. The average molecular weight is 478 g/mol. The van der Waals surface area contributed by atoms with E-state index in [0.717, 1.165) is 16.9 Å². The molecule has 5 rings (SSSR count). The van der Waals surface area contributed by atoms with Crippen LogP contribution in [0.15, 0.2) is 36.7 Å². The molecule has 0 aliphatic carbocycles. The Hall–Kier alpha value is -3.76. The van der Waals surface area contributed by atoms with Crippen LogP contribution >= 0.6 is 0 Å². The van der Waals surface area contributed by atoms with Gasteiger partial charge in [-0.3, -0.25) is 9.78 Å². The number of aromatic nitrogens is 3. The molecule has 1 saturated heterocycles. The number of methoxy groups -OCH3 is 2. The number of aliphatic hydroxyl groups is 1. The highest BCUT2D eigenvalue weighted by Crippen LogP contribution is 2.34. The second-order valence-corrected chi connectivity index (χ2v) is 8.47. The van der Waals surface area contributed by atoms with E-state index in [2.05, 4.69) is 14.9 Å². The molecule has 1 unspecified atom stereocenters. The maximum Gasteiger partial charge on any atom is 0.260 e. The minimum Gasteiger partial charge on any atom is -0.491 e. The van der Waals surface area contributed by atoms with Gasteiger partial charge in [-0.25, -0.2) is 9.97 Å². The third kappa shape index (κ3) is 4.26. The first-order chi connectivity index (χ1) is 17.0. The summed E-state index contributed by atoms with van der Waals surface area (Å²) in [5.74, 6) is 1.61. The summed E-state index contributed by atoms with van der Waals surface area (Å²) in [5.41, 5.74) is 4.37. The average Bonchev–Trinajstić information content (AvgIpc) is 3.24. The van der Waals surface area contributed by atoms with Crippen molar-refractivity contribution in [3.05, 3.63) is 53.5 Å². The summed E-state index contributed by atoms with van der Waals surface area (Å²) in [6, 6.07) is 7.50. The normalized spacial score (nSPS) is 17.5. The van der Waals surface area contributed by atoms with Gasteiger partial charge in [0.05, 0.1) is 68.9 Å². The molecule has 10 nitrogen and oxygen atoms in total. The van der Waals surface area contributed by atoms with Gasteiger partial charge in [-0.2, -0.15) is 0 Å². The van der Waals surface area contributed by atoms with Crippen molar-refractivity contribution in [1.82, 2.24) is 15.0 Å². The van der Waals surface area contributed by atoms with Crippen molar-refractivity contribution in [2.75, 3.05) is 50.3 Å². The Morgan fingerprint density at radius 1 is 1.17 bits per heavy atom. The van der Waals surface area contributed by atoms with Crippen LogP contribution in [0.5, 0.6) is 11.6 Å². The largest absolute Gasteiger partial charge is 0.491 e. The van der Waals surface area contributed by atoms with E-state index >= 15 is 0 Å². The Balaban J connectivity index is 1.39. The van der Waals surface area contributed by atoms with E-state index in [4.69, 9.17) is 19.2 Å². The zero-order valence-corrected chi connectivity index (χ0v) is 19.9. The van der Waals surface area contributed by atoms with Crippen molar-refractivity contribution in [3.63, 3.8) is 0 Å². The Labute approximate surface area is 203 Å². The van der Waals surface area contributed by atoms with Crippen LogP contribution in [0.2, 0.25) is 0 Å². The topological polar surface area (TPSA) is 110 Å². The summed E-state index contributed by atoms with van der Waals surface area (Å²) in [5, 5.41) is 9.39. The standard InChI is InChI=1S/C25H27N5O5/c1-15-8-19(16-9-21(33-2)24(34-3)27-10-16)28-20-13-30(25(32)23(15)20)17-4-5-22(26-11-17)29-6-7-35-18(12-29)14-31/h4-5,8-11,18,31H,6-7,12-14H2,1-3H3. The molecular formula is C25H27N5O5. The molecule has 10 heteroatoms. The summed E-state index contributed by atoms with van der Waals surface area (Å²) in [4.78, 5) is 30.7. The van der Waals surface area contributed by atoms with Crippen LogP contribution in [-0.4, -0.2) is 72.6 Å². The number of amides is 1. The molecule has 0 radical (unpaired) electrons. The number of hydrogen-bond acceptors (Lipinski definition) is 9. The zero-order chi connectivity index (χ0) is 24.5. The number of morpholine rings is 1. The number of aliphatic hydroxyl groups excluding tert-OH is 1. The fraction of sp³-hybridized carbons (Fsp3) is 0.360. The molecule has 3 aromatic heterocycles. The maximum absolute atomic E-state index is 13.3. The number of rotatable bonds is 6. The van der Waals surface area contributed by atoms with Crippen LogP contribution in [0.1, 0.15) is 21.6 Å². The molecule has 1 fully saturated rings. The predicted molar refractivity (Wildman–Crippen MR) is 129 cm³/mol. The molecule has 3 aromatic rings. The number of carbonyl (C=O) groups excluding carboxylic acids is 1. The second kappa shape index (κ2) is 9.47. The molecule has 5 heterocycles. The van der Waals surface area contributed by atoms with Crippen molar-refractivity contribution in [3.8, 4) is 22.9 Å². The van der Waals surface area contributed by atoms with Crippen LogP contribution < -0.4 is 19.3 Å². The van der Waals surface area contributed by atoms with Crippen LogP contribution in [-0.2, 0) is 11.3 Å². The Bertz CT molecular complexity index is 1250. The lowest BCUT2D eigenvalue weighted by Crippen LogP contribution is -2.44. The highest BCUT2D eigenvalue weighted by Gasteiger charge is 2.32. The van der Waals surface area contributed by atoms with Gasteiger partial charge in [0.1, 0.15) is 5.82 Å². The molecular weight excluding hydrogens is 450 g/mol. The number of nitrogens with zero attached hydrogens (tertiary/aromatic N) is 5. The Morgan fingerprint density at radius 3 is 2.74 bits per heavy atom. The number of carbonyl (C=O) groups is 1. The molecule has 0 bridgehead atoms. The van der Waals surface area contributed by atoms with Gasteiger partial charge < -0.3 is 29.1 Å². The monoisotopic (exact) mass is 477 g/mol. The van der Waals surface area contributed by atoms with Crippen LogP contribution in [0.25, 0.3) is 11.3 Å². The quantitative estimate of drug-likeness (QED) is 0.571. The van der Waals surface area contributed by atoms with Gasteiger partial charge in [-0.15, -0.1) is 0 Å². The van der Waals surface area contributed by atoms with Gasteiger partial charge in [0.15, 0.2) is 5.75 Å². The fourth-order valence-corrected chi connectivity index (χ4v) is 4.49. The second-order valence-electron chi connectivity index (χ2n) is 8.47. The van der Waals surface area contributed by atoms with E-state index in [1.54, 1.807) is 24.4 Å². The first-order valence-corrected chi connectivity index (χ1v) is 11.4. The number of aryl methyl sites for hydroxylation is 1. The number of fused-ring (bicyclic) bond motifs is 1. The summed E-state index contributed by atoms with van der Waals surface area (Å²) in [6.45, 7) is 4.06. The number of ether oxygens (including phenoxy) is 3. The highest BCUT2D eigenvalue weighted by atomic mass is 16.5. The molecule has 2 aliphatic heterocycles. The van der Waals surface area contributed by atoms with Crippen molar-refractivity contribution < 1.29 is 24.1 Å². The highest BCUT2D eigenvalue weighted by molar-refractivity contribution is 6.10. The minimum atomic E-state index is -0.219. The lowest BCUT2D eigenvalue weighted by atomic mass is 10.0. The van der Waals surface area contributed by atoms with E-state index in [9.17, 15) is 9.90 Å². The van der Waals surface area contributed by atoms with Crippen LogP contribution in [0.4, 0.5) is 11.5 Å². The molecule has 1 atom stereocenters. The van der Waals surface area contributed by atoms with Gasteiger partial charge in [0.2, 0.25) is 0 Å². The SMILES string of the molecule is COc1cc(-c2cc(C)c3c(n2)CN(c2ccc(N4CCOC(CO)C4)nc2)C3=O)cnc1OC. The minimum absolute atomic E-state index is 0.0250. The third-order valence-corrected chi connectivity index (χ3v) is 6.30. The molecule has 182 valence electrons. The molecule has 0 aromatic carbocycles. The van der Waals surface area contributed by atoms with Crippen molar-refractivity contribution in [2.45, 2.75) is 19.6 Å². The number of pyridine rings is 3. The summed E-state index contributed by atoms with van der Waals surface area (Å²) < 4.78 is 16.1. The maximum atomic E-state index is 13.3. The van der Waals surface area contributed by atoms with Crippen molar-refractivity contribution in [2.24, 2.45) is 0 Å². The number of hydrogen-bond donors (Lipinski definition) is 1. The predicted octanol–water partition coefficient (Wildman–Crippen LogP) is 2.22. The molecule has 0 spiro atoms. The Morgan fingerprint density at radius 2 is 2.03 bits per heavy atom. The van der Waals surface area contributed by atoms with E-state index in [1.807, 2.05) is 31.2 Å². The van der Waals surface area contributed by atoms with E-state index in [1.165, 1.54) is 7.11 Å². The van der Waals surface area contributed by atoms with Gasteiger partial charge >= 0.3 is 0 Å². The molecule has 0 saturated carbocycles. The van der Waals surface area contributed by atoms with E-state index in [-0.39, 0.29) is 18.6 Å². The van der Waals surface area contributed by atoms with E-state index < -0.39 is 0 Å². The smallest absolute Gasteiger partial charge is 0.260 e. The lowest BCUT2D eigenvalue weighted by Gasteiger charge is -2.33. The Kier molecular flexibility index (Phi) is 6.23. The first kappa shape index (κ1) is 23.0. The summed E-state index contributed by atoms with van der Waals surface area (Å²) in [7, 11) is 3.10. The van der Waals surface area contributed by atoms with Crippen molar-refractivity contribution >= 4 is 17.4 Å². The van der Waals surface area contributed by atoms with E-state index in [0.29, 0.717) is 60.5 Å². The van der Waals surface area contributed by atoms with Crippen molar-refractivity contribution in [1.29, 1.82) is 0 Å². The fourth-order valence-electron chi connectivity index (χ4n) is 4.49. The lowest BCUT2D eigenvalue weighted by molar-refractivity contribution is 0.00336. The summed E-state index contributed by atoms with van der Waals surface area (Å²) in [6.07, 6.45) is 3.17. The first-order valence-electron chi connectivity index (χ1n) is 11.4. The van der Waals surface area contributed by atoms with Gasteiger partial charge in [0.25, 0.3) is 11.8 Å². The van der Waals surface area contributed by atoms with Gasteiger partial charge in [-0.1, -0.05) is 0 Å². The summed E-state index contributed by atoms with van der Waals surface area (Å²) >= 11 is 0. The number of anilines is 2. The molecule has 35 heavy (non-hydrogen) atoms. The van der Waals surface area contributed by atoms with Gasteiger partial charge in [0, 0.05) is 24.8 Å². The van der Waals surface area contributed by atoms with Gasteiger partial charge in [-0.05, 0) is 36.8 Å². The molecule has 1 amide bonds. The zero-order valence-electron chi connectivity index (χ0n) is 19.9. The molecule has 2 aliphatic rings. The molecule has 1 N–H and O–H groups in total. The van der Waals surface area contributed by atoms with Crippen LogP contribution in [0, 0.1) is 6.92 Å². The van der Waals surface area contributed by atoms with Crippen LogP contribution in [0.3, 0.4) is 0 Å².